The molecule has 0 bridgehead atoms. The number of nitrogens with zero attached hydrogens (tertiary/aromatic N) is 1. The maximum Gasteiger partial charge on any atom is 0.260 e. The van der Waals surface area contributed by atoms with Gasteiger partial charge in [-0.2, -0.15) is 0 Å². The minimum absolute atomic E-state index is 0.00993. The van der Waals surface area contributed by atoms with Gasteiger partial charge in [0.25, 0.3) is 5.91 Å². The Morgan fingerprint density at radius 2 is 1.77 bits per heavy atom. The molecule has 0 radical (unpaired) electrons. The lowest BCUT2D eigenvalue weighted by Crippen LogP contribution is -2.31. The van der Waals surface area contributed by atoms with Crippen molar-refractivity contribution in [1.82, 2.24) is 4.90 Å². The average Bonchev–Trinajstić information content (AvgIpc) is 2.67. The average molecular weight is 357 g/mol. The van der Waals surface area contributed by atoms with Gasteiger partial charge in [0, 0.05) is 13.6 Å². The monoisotopic (exact) mass is 357 g/mol. The Labute approximate surface area is 155 Å². The van der Waals surface area contributed by atoms with Crippen LogP contribution >= 0.6 is 0 Å². The fourth-order valence-corrected chi connectivity index (χ4v) is 2.65. The largest absolute Gasteiger partial charge is 0.493 e. The molecule has 26 heavy (non-hydrogen) atoms. The quantitative estimate of drug-likeness (QED) is 0.724. The van der Waals surface area contributed by atoms with Crippen molar-refractivity contribution in [1.29, 1.82) is 0 Å². The van der Waals surface area contributed by atoms with Crippen molar-refractivity contribution in [2.75, 3.05) is 27.9 Å². The molecule has 0 heterocycles. The maximum absolute atomic E-state index is 12.4. The third kappa shape index (κ3) is 4.91. The summed E-state index contributed by atoms with van der Waals surface area (Å²) in [7, 11) is 4.98. The van der Waals surface area contributed by atoms with Crippen molar-refractivity contribution in [2.24, 2.45) is 0 Å². The number of hydrogen-bond donors (Lipinski definition) is 0. The lowest BCUT2D eigenvalue weighted by atomic mass is 10.1. The van der Waals surface area contributed by atoms with Gasteiger partial charge < -0.3 is 19.1 Å². The van der Waals surface area contributed by atoms with Crippen LogP contribution in [0, 0.1) is 6.92 Å². The van der Waals surface area contributed by atoms with Crippen LogP contribution in [0.5, 0.6) is 17.2 Å². The summed E-state index contributed by atoms with van der Waals surface area (Å²) in [5.74, 6) is 1.97. The molecule has 0 spiro atoms. The van der Waals surface area contributed by atoms with E-state index in [1.165, 1.54) is 5.56 Å². The second kappa shape index (κ2) is 9.13. The van der Waals surface area contributed by atoms with E-state index in [0.717, 1.165) is 17.5 Å². The molecular weight excluding hydrogens is 330 g/mol. The van der Waals surface area contributed by atoms with Crippen LogP contribution in [0.2, 0.25) is 0 Å². The standard InChI is InChI=1S/C21H27NO4/c1-6-16-8-7-9-18(11-16)26-14-21(23)22(3)13-17-12-20(25-5)19(24-4)10-15(17)2/h7-12H,6,13-14H2,1-5H3. The molecule has 0 saturated carbocycles. The molecule has 2 aromatic carbocycles. The third-order valence-corrected chi connectivity index (χ3v) is 4.34. The highest BCUT2D eigenvalue weighted by molar-refractivity contribution is 5.77. The summed E-state index contributed by atoms with van der Waals surface area (Å²) in [5.41, 5.74) is 3.23. The van der Waals surface area contributed by atoms with E-state index in [0.29, 0.717) is 23.8 Å². The van der Waals surface area contributed by atoms with Crippen LogP contribution in [-0.2, 0) is 17.8 Å². The third-order valence-electron chi connectivity index (χ3n) is 4.34. The normalized spacial score (nSPS) is 10.3. The van der Waals surface area contributed by atoms with Crippen molar-refractivity contribution < 1.29 is 19.0 Å². The van der Waals surface area contributed by atoms with Crippen molar-refractivity contribution in [3.63, 3.8) is 0 Å². The second-order valence-corrected chi connectivity index (χ2v) is 6.17. The summed E-state index contributed by atoms with van der Waals surface area (Å²) < 4.78 is 16.3. The summed E-state index contributed by atoms with van der Waals surface area (Å²) in [6.07, 6.45) is 0.934. The second-order valence-electron chi connectivity index (χ2n) is 6.17. The van der Waals surface area contributed by atoms with E-state index in [9.17, 15) is 4.79 Å². The Morgan fingerprint density at radius 1 is 1.08 bits per heavy atom. The van der Waals surface area contributed by atoms with Gasteiger partial charge in [-0.3, -0.25) is 4.79 Å². The van der Waals surface area contributed by atoms with Gasteiger partial charge in [0.1, 0.15) is 5.75 Å². The first-order valence-electron chi connectivity index (χ1n) is 8.65. The van der Waals surface area contributed by atoms with Crippen LogP contribution in [-0.4, -0.2) is 38.7 Å². The zero-order chi connectivity index (χ0) is 19.1. The van der Waals surface area contributed by atoms with Crippen LogP contribution in [0.15, 0.2) is 36.4 Å². The van der Waals surface area contributed by atoms with Crippen molar-refractivity contribution in [2.45, 2.75) is 26.8 Å². The van der Waals surface area contributed by atoms with Gasteiger partial charge in [-0.15, -0.1) is 0 Å². The topological polar surface area (TPSA) is 48.0 Å². The van der Waals surface area contributed by atoms with Gasteiger partial charge in [-0.1, -0.05) is 19.1 Å². The summed E-state index contributed by atoms with van der Waals surface area (Å²) in [6, 6.07) is 11.6. The summed E-state index contributed by atoms with van der Waals surface area (Å²) >= 11 is 0. The first-order valence-corrected chi connectivity index (χ1v) is 8.65. The molecule has 140 valence electrons. The summed E-state index contributed by atoms with van der Waals surface area (Å²) in [6.45, 7) is 4.56. The summed E-state index contributed by atoms with van der Waals surface area (Å²) in [4.78, 5) is 14.1. The zero-order valence-corrected chi connectivity index (χ0v) is 16.2. The number of carbonyl (C=O) groups excluding carboxylic acids is 1. The van der Waals surface area contributed by atoms with E-state index in [1.54, 1.807) is 26.2 Å². The summed E-state index contributed by atoms with van der Waals surface area (Å²) in [5, 5.41) is 0. The van der Waals surface area contributed by atoms with Crippen molar-refractivity contribution >= 4 is 5.91 Å². The number of likely N-dealkylation sites (N-methyl/N-ethyl adjacent to an activating group) is 1. The number of hydrogen-bond acceptors (Lipinski definition) is 4. The van der Waals surface area contributed by atoms with Gasteiger partial charge in [0.2, 0.25) is 0 Å². The fourth-order valence-electron chi connectivity index (χ4n) is 2.65. The molecule has 0 aliphatic heterocycles. The predicted molar refractivity (Wildman–Crippen MR) is 102 cm³/mol. The van der Waals surface area contributed by atoms with Crippen LogP contribution in [0.25, 0.3) is 0 Å². The van der Waals surface area contributed by atoms with Gasteiger partial charge in [-0.25, -0.2) is 0 Å². The predicted octanol–water partition coefficient (Wildman–Crippen LogP) is 3.61. The molecule has 0 aromatic heterocycles. The molecule has 0 fully saturated rings. The lowest BCUT2D eigenvalue weighted by Gasteiger charge is -2.20. The Hall–Kier alpha value is -2.69. The highest BCUT2D eigenvalue weighted by Crippen LogP contribution is 2.30. The molecule has 0 saturated heterocycles. The van der Waals surface area contributed by atoms with Gasteiger partial charge in [0.05, 0.1) is 14.2 Å². The number of rotatable bonds is 8. The molecule has 0 N–H and O–H groups in total. The molecule has 1 amide bonds. The maximum atomic E-state index is 12.4. The minimum atomic E-state index is -0.0823. The molecule has 0 atom stereocenters. The van der Waals surface area contributed by atoms with E-state index >= 15 is 0 Å². The SMILES string of the molecule is CCc1cccc(OCC(=O)N(C)Cc2cc(OC)c(OC)cc2C)c1. The van der Waals surface area contributed by atoms with Crippen molar-refractivity contribution in [3.05, 3.63) is 53.1 Å². The van der Waals surface area contributed by atoms with E-state index in [4.69, 9.17) is 14.2 Å². The molecule has 0 unspecified atom stereocenters. The highest BCUT2D eigenvalue weighted by Gasteiger charge is 2.14. The molecule has 0 aliphatic rings. The number of ether oxygens (including phenoxy) is 3. The molecule has 0 aliphatic carbocycles. The first-order chi connectivity index (χ1) is 12.5. The minimum Gasteiger partial charge on any atom is -0.493 e. The van der Waals surface area contributed by atoms with E-state index in [1.807, 2.05) is 43.3 Å². The van der Waals surface area contributed by atoms with Gasteiger partial charge in [0.15, 0.2) is 18.1 Å². The molecular formula is C21H27NO4. The Balaban J connectivity index is 2.00. The van der Waals surface area contributed by atoms with Crippen LogP contribution in [0.3, 0.4) is 0 Å². The van der Waals surface area contributed by atoms with E-state index in [-0.39, 0.29) is 12.5 Å². The first kappa shape index (κ1) is 19.6. The smallest absolute Gasteiger partial charge is 0.260 e. The number of methoxy groups -OCH3 is 2. The zero-order valence-electron chi connectivity index (χ0n) is 16.2. The fraction of sp³-hybridized carbons (Fsp3) is 0.381. The van der Waals surface area contributed by atoms with E-state index in [2.05, 4.69) is 6.92 Å². The van der Waals surface area contributed by atoms with Gasteiger partial charge in [-0.05, 0) is 54.3 Å². The number of benzene rings is 2. The van der Waals surface area contributed by atoms with E-state index < -0.39 is 0 Å². The lowest BCUT2D eigenvalue weighted by molar-refractivity contribution is -0.132. The molecule has 2 rings (SSSR count). The van der Waals surface area contributed by atoms with Crippen LogP contribution in [0.1, 0.15) is 23.6 Å². The Bertz CT molecular complexity index is 758. The molecule has 5 nitrogen and oxygen atoms in total. The number of carbonyl (C=O) groups is 1. The molecule has 2 aromatic rings. The number of amides is 1. The Morgan fingerprint density at radius 3 is 2.42 bits per heavy atom. The van der Waals surface area contributed by atoms with Gasteiger partial charge >= 0.3 is 0 Å². The Kier molecular flexibility index (Phi) is 6.89. The van der Waals surface area contributed by atoms with Crippen molar-refractivity contribution in [3.8, 4) is 17.2 Å². The van der Waals surface area contributed by atoms with Crippen LogP contribution in [0.4, 0.5) is 0 Å². The van der Waals surface area contributed by atoms with Crippen LogP contribution < -0.4 is 14.2 Å². The number of aryl methyl sites for hydroxylation is 2. The highest BCUT2D eigenvalue weighted by atomic mass is 16.5. The molecule has 5 heteroatoms.